The lowest BCUT2D eigenvalue weighted by molar-refractivity contribution is -0.139. The Hall–Kier alpha value is -2.64. The lowest BCUT2D eigenvalue weighted by Gasteiger charge is -2.30. The van der Waals surface area contributed by atoms with Crippen molar-refractivity contribution in [3.8, 4) is 0 Å². The number of unbranched alkanes of at least 4 members (excludes halogenated alkanes) is 4. The standard InChI is InChI=1S/C27H33ClN2O4S/c1-17-16-35-22(29-17)14-8-6-5-7-11-15-34-27(32)24-19(3)30-18(2)23(26(31)33-4)25(24)20-12-9-10-13-21(20)28/h9-10,12-13,16,25,30H,5-8,11,14-15H2,1-4H3. The number of aryl methyl sites for hydroxylation is 2. The normalized spacial score (nSPS) is 15.7. The van der Waals surface area contributed by atoms with Crippen LogP contribution in [-0.2, 0) is 25.5 Å². The van der Waals surface area contributed by atoms with Crippen LogP contribution in [0.15, 0.2) is 52.2 Å². The third-order valence-electron chi connectivity index (χ3n) is 6.04. The summed E-state index contributed by atoms with van der Waals surface area (Å²) >= 11 is 8.21. The van der Waals surface area contributed by atoms with E-state index in [-0.39, 0.29) is 0 Å². The van der Waals surface area contributed by atoms with Crippen LogP contribution in [0.3, 0.4) is 0 Å². The van der Waals surface area contributed by atoms with Crippen molar-refractivity contribution in [2.45, 2.75) is 65.2 Å². The van der Waals surface area contributed by atoms with Crippen LogP contribution in [-0.4, -0.2) is 30.6 Å². The van der Waals surface area contributed by atoms with Gasteiger partial charge in [-0.1, -0.05) is 49.1 Å². The maximum absolute atomic E-state index is 13.2. The molecule has 0 bridgehead atoms. The number of esters is 2. The van der Waals surface area contributed by atoms with Gasteiger partial charge < -0.3 is 14.8 Å². The number of methoxy groups -OCH3 is 1. The van der Waals surface area contributed by atoms with Gasteiger partial charge in [0.2, 0.25) is 0 Å². The quantitative estimate of drug-likeness (QED) is 0.281. The first-order valence-corrected chi connectivity index (χ1v) is 13.2. The Bertz CT molecular complexity index is 1120. The molecule has 6 nitrogen and oxygen atoms in total. The molecule has 0 radical (unpaired) electrons. The molecule has 0 amide bonds. The van der Waals surface area contributed by atoms with Crippen molar-refractivity contribution >= 4 is 34.9 Å². The van der Waals surface area contributed by atoms with Crippen LogP contribution in [0.2, 0.25) is 5.02 Å². The molecule has 0 aliphatic carbocycles. The number of ether oxygens (including phenoxy) is 2. The van der Waals surface area contributed by atoms with Gasteiger partial charge in [0.15, 0.2) is 0 Å². The van der Waals surface area contributed by atoms with Crippen LogP contribution in [0.1, 0.15) is 68.1 Å². The van der Waals surface area contributed by atoms with E-state index in [2.05, 4.69) is 15.7 Å². The highest BCUT2D eigenvalue weighted by Crippen LogP contribution is 2.41. The molecule has 188 valence electrons. The van der Waals surface area contributed by atoms with E-state index in [0.29, 0.717) is 39.7 Å². The first-order chi connectivity index (χ1) is 16.8. The summed E-state index contributed by atoms with van der Waals surface area (Å²) < 4.78 is 10.7. The number of allylic oxidation sites excluding steroid dienone is 2. The molecule has 0 spiro atoms. The van der Waals surface area contributed by atoms with E-state index < -0.39 is 17.9 Å². The van der Waals surface area contributed by atoms with Crippen LogP contribution in [0.5, 0.6) is 0 Å². The van der Waals surface area contributed by atoms with E-state index in [1.54, 1.807) is 24.3 Å². The molecule has 8 heteroatoms. The molecular weight excluding hydrogens is 484 g/mol. The summed E-state index contributed by atoms with van der Waals surface area (Å²) in [5, 5.41) is 6.90. The number of thiazole rings is 1. The number of rotatable bonds is 11. The van der Waals surface area contributed by atoms with Crippen molar-refractivity contribution in [2.75, 3.05) is 13.7 Å². The van der Waals surface area contributed by atoms with Gasteiger partial charge in [0, 0.05) is 27.5 Å². The Morgan fingerprint density at radius 1 is 1.00 bits per heavy atom. The van der Waals surface area contributed by atoms with Crippen molar-refractivity contribution in [3.63, 3.8) is 0 Å². The van der Waals surface area contributed by atoms with E-state index in [4.69, 9.17) is 21.1 Å². The number of carbonyl (C=O) groups excluding carboxylic acids is 2. The smallest absolute Gasteiger partial charge is 0.336 e. The summed E-state index contributed by atoms with van der Waals surface area (Å²) in [6.07, 6.45) is 6.13. The molecule has 1 aromatic heterocycles. The predicted octanol–water partition coefficient (Wildman–Crippen LogP) is 6.25. The molecule has 0 saturated carbocycles. The topological polar surface area (TPSA) is 77.5 Å². The fraction of sp³-hybridized carbons (Fsp3) is 0.444. The molecule has 1 unspecified atom stereocenters. The van der Waals surface area contributed by atoms with Crippen molar-refractivity contribution in [2.24, 2.45) is 0 Å². The first kappa shape index (κ1) is 27.0. The summed E-state index contributed by atoms with van der Waals surface area (Å²) in [4.78, 5) is 30.4. The van der Waals surface area contributed by atoms with Gasteiger partial charge in [0.1, 0.15) is 0 Å². The average Bonchev–Trinajstić information content (AvgIpc) is 3.25. The summed E-state index contributed by atoms with van der Waals surface area (Å²) in [7, 11) is 1.33. The highest BCUT2D eigenvalue weighted by molar-refractivity contribution is 7.09. The lowest BCUT2D eigenvalue weighted by Crippen LogP contribution is -2.32. The van der Waals surface area contributed by atoms with E-state index in [0.717, 1.165) is 44.2 Å². The number of hydrogen-bond donors (Lipinski definition) is 1. The van der Waals surface area contributed by atoms with Crippen molar-refractivity contribution in [3.05, 3.63) is 73.5 Å². The minimum Gasteiger partial charge on any atom is -0.466 e. The molecule has 0 saturated heterocycles. The lowest BCUT2D eigenvalue weighted by atomic mass is 9.80. The molecule has 2 aromatic rings. The molecule has 2 heterocycles. The number of nitrogens with zero attached hydrogens (tertiary/aromatic N) is 1. The minimum absolute atomic E-state index is 0.326. The van der Waals surface area contributed by atoms with Crippen molar-refractivity contribution in [1.29, 1.82) is 0 Å². The highest BCUT2D eigenvalue weighted by atomic mass is 35.5. The number of halogens is 1. The monoisotopic (exact) mass is 516 g/mol. The number of aromatic nitrogens is 1. The molecule has 1 N–H and O–H groups in total. The zero-order valence-corrected chi connectivity index (χ0v) is 22.4. The van der Waals surface area contributed by atoms with Gasteiger partial charge in [0.05, 0.1) is 35.8 Å². The molecule has 1 aliphatic rings. The first-order valence-electron chi connectivity index (χ1n) is 11.9. The van der Waals surface area contributed by atoms with Gasteiger partial charge in [0.25, 0.3) is 0 Å². The zero-order valence-electron chi connectivity index (χ0n) is 20.8. The van der Waals surface area contributed by atoms with Gasteiger partial charge in [-0.25, -0.2) is 14.6 Å². The Morgan fingerprint density at radius 2 is 1.66 bits per heavy atom. The van der Waals surface area contributed by atoms with Gasteiger partial charge in [-0.05, 0) is 51.7 Å². The Kier molecular flexibility index (Phi) is 9.93. The number of benzene rings is 1. The largest absolute Gasteiger partial charge is 0.466 e. The minimum atomic E-state index is -0.667. The maximum atomic E-state index is 13.2. The molecule has 35 heavy (non-hydrogen) atoms. The number of dihydropyridines is 1. The van der Waals surface area contributed by atoms with E-state index in [9.17, 15) is 9.59 Å². The van der Waals surface area contributed by atoms with Crippen molar-refractivity contribution in [1.82, 2.24) is 10.3 Å². The van der Waals surface area contributed by atoms with Gasteiger partial charge in [-0.15, -0.1) is 11.3 Å². The van der Waals surface area contributed by atoms with Crippen LogP contribution < -0.4 is 5.32 Å². The molecule has 0 fully saturated rings. The third kappa shape index (κ3) is 6.95. The maximum Gasteiger partial charge on any atom is 0.336 e. The Balaban J connectivity index is 1.59. The van der Waals surface area contributed by atoms with Crippen LogP contribution in [0, 0.1) is 6.92 Å². The third-order valence-corrected chi connectivity index (χ3v) is 7.41. The Morgan fingerprint density at radius 3 is 2.31 bits per heavy atom. The average molecular weight is 517 g/mol. The molecule has 1 aliphatic heterocycles. The van der Waals surface area contributed by atoms with E-state index in [1.165, 1.54) is 12.1 Å². The number of nitrogens with one attached hydrogen (secondary N) is 1. The molecule has 3 rings (SSSR count). The van der Waals surface area contributed by atoms with Crippen LogP contribution in [0.4, 0.5) is 0 Å². The molecule has 1 atom stereocenters. The second-order valence-electron chi connectivity index (χ2n) is 8.68. The van der Waals surface area contributed by atoms with Crippen LogP contribution >= 0.6 is 22.9 Å². The van der Waals surface area contributed by atoms with Gasteiger partial charge in [-0.2, -0.15) is 0 Å². The zero-order chi connectivity index (χ0) is 25.4. The second kappa shape index (κ2) is 12.9. The van der Waals surface area contributed by atoms with Gasteiger partial charge in [-0.3, -0.25) is 0 Å². The Labute approximate surface area is 216 Å². The fourth-order valence-corrected chi connectivity index (χ4v) is 5.40. The molecule has 1 aromatic carbocycles. The van der Waals surface area contributed by atoms with E-state index >= 15 is 0 Å². The predicted molar refractivity (Wildman–Crippen MR) is 139 cm³/mol. The SMILES string of the molecule is COC(=O)C1=C(C)NC(C)=C(C(=O)OCCCCCCCc2nc(C)cs2)C1c1ccccc1Cl. The summed E-state index contributed by atoms with van der Waals surface area (Å²) in [6, 6.07) is 7.22. The highest BCUT2D eigenvalue weighted by Gasteiger charge is 2.38. The number of carbonyl (C=O) groups is 2. The van der Waals surface area contributed by atoms with Crippen molar-refractivity contribution < 1.29 is 19.1 Å². The van der Waals surface area contributed by atoms with Gasteiger partial charge >= 0.3 is 11.9 Å². The summed E-state index contributed by atoms with van der Waals surface area (Å²) in [5.74, 6) is -1.63. The molecular formula is C27H33ClN2O4S. The fourth-order valence-electron chi connectivity index (χ4n) is 4.33. The summed E-state index contributed by atoms with van der Waals surface area (Å²) in [6.45, 7) is 5.94. The number of hydrogen-bond acceptors (Lipinski definition) is 7. The van der Waals surface area contributed by atoms with E-state index in [1.807, 2.05) is 32.0 Å². The van der Waals surface area contributed by atoms with Crippen LogP contribution in [0.25, 0.3) is 0 Å². The summed E-state index contributed by atoms with van der Waals surface area (Å²) in [5.41, 5.74) is 3.76. The second-order valence-corrected chi connectivity index (χ2v) is 10.0.